The Hall–Kier alpha value is -0.410. The van der Waals surface area contributed by atoms with E-state index in [9.17, 15) is 4.79 Å². The molecule has 3 nitrogen and oxygen atoms in total. The minimum absolute atomic E-state index is 0.227. The van der Waals surface area contributed by atoms with Gasteiger partial charge in [-0.2, -0.15) is 0 Å². The molecular formula is C15H28O3. The van der Waals surface area contributed by atoms with E-state index in [1.165, 1.54) is 12.8 Å². The fourth-order valence-electron chi connectivity index (χ4n) is 2.64. The summed E-state index contributed by atoms with van der Waals surface area (Å²) in [5.74, 6) is 0.261. The summed E-state index contributed by atoms with van der Waals surface area (Å²) in [5.41, 5.74) is -0.740. The Morgan fingerprint density at radius 3 is 2.11 bits per heavy atom. The molecule has 0 aliphatic heterocycles. The molecule has 0 saturated heterocycles. The average molecular weight is 256 g/mol. The highest BCUT2D eigenvalue weighted by Gasteiger charge is 2.38. The van der Waals surface area contributed by atoms with Gasteiger partial charge in [-0.05, 0) is 33.1 Å². The maximum Gasteiger partial charge on any atom is 0.164 e. The topological polar surface area (TPSA) is 35.5 Å². The van der Waals surface area contributed by atoms with E-state index in [4.69, 9.17) is 9.47 Å². The number of carbonyl (C=O) groups is 1. The van der Waals surface area contributed by atoms with Crippen LogP contribution in [0.25, 0.3) is 0 Å². The highest BCUT2D eigenvalue weighted by Crippen LogP contribution is 2.33. The van der Waals surface area contributed by atoms with Crippen LogP contribution in [0.4, 0.5) is 0 Å². The van der Waals surface area contributed by atoms with Crippen molar-refractivity contribution in [1.82, 2.24) is 0 Å². The normalized spacial score (nSPS) is 20.4. The molecule has 106 valence electrons. The van der Waals surface area contributed by atoms with Crippen molar-refractivity contribution in [1.29, 1.82) is 0 Å². The number of hydrogen-bond donors (Lipinski definition) is 0. The van der Waals surface area contributed by atoms with Crippen molar-refractivity contribution in [3.63, 3.8) is 0 Å². The Balaban J connectivity index is 2.61. The van der Waals surface area contributed by atoms with Gasteiger partial charge in [0.2, 0.25) is 0 Å². The number of ether oxygens (including phenoxy) is 2. The van der Waals surface area contributed by atoms with Gasteiger partial charge in [-0.25, -0.2) is 0 Å². The Morgan fingerprint density at radius 1 is 1.11 bits per heavy atom. The summed E-state index contributed by atoms with van der Waals surface area (Å²) in [6.45, 7) is 4.04. The lowest BCUT2D eigenvalue weighted by Gasteiger charge is -2.31. The largest absolute Gasteiger partial charge is 0.379 e. The molecule has 1 rings (SSSR count). The molecule has 0 unspecified atom stereocenters. The average Bonchev–Trinajstić information content (AvgIpc) is 2.62. The lowest BCUT2D eigenvalue weighted by molar-refractivity contribution is -0.144. The first-order valence-electron chi connectivity index (χ1n) is 7.09. The number of hydrogen-bond acceptors (Lipinski definition) is 3. The molecule has 1 aliphatic rings. The summed E-state index contributed by atoms with van der Waals surface area (Å²) < 4.78 is 11.0. The van der Waals surface area contributed by atoms with E-state index in [1.54, 1.807) is 14.2 Å². The predicted octanol–water partition coefficient (Wildman–Crippen LogP) is 3.50. The van der Waals surface area contributed by atoms with Crippen LogP contribution >= 0.6 is 0 Å². The van der Waals surface area contributed by atoms with E-state index in [-0.39, 0.29) is 11.4 Å². The molecule has 1 fully saturated rings. The maximum absolute atomic E-state index is 12.5. The minimum Gasteiger partial charge on any atom is -0.379 e. The third-order valence-corrected chi connectivity index (χ3v) is 4.32. The Labute approximate surface area is 111 Å². The first-order valence-corrected chi connectivity index (χ1v) is 7.09. The monoisotopic (exact) mass is 256 g/mol. The van der Waals surface area contributed by atoms with Gasteiger partial charge in [0.15, 0.2) is 5.78 Å². The van der Waals surface area contributed by atoms with E-state index >= 15 is 0 Å². The summed E-state index contributed by atoms with van der Waals surface area (Å²) in [7, 11) is 3.38. The van der Waals surface area contributed by atoms with E-state index in [1.807, 2.05) is 13.8 Å². The highest BCUT2D eigenvalue weighted by molar-refractivity contribution is 5.87. The Morgan fingerprint density at radius 2 is 1.67 bits per heavy atom. The summed E-state index contributed by atoms with van der Waals surface area (Å²) in [5, 5.41) is 0. The fraction of sp³-hybridized carbons (Fsp3) is 0.933. The van der Waals surface area contributed by atoms with Gasteiger partial charge in [0.25, 0.3) is 0 Å². The molecule has 0 atom stereocenters. The molecule has 0 aromatic heterocycles. The van der Waals surface area contributed by atoms with Gasteiger partial charge in [-0.3, -0.25) is 4.79 Å². The molecule has 18 heavy (non-hydrogen) atoms. The van der Waals surface area contributed by atoms with Gasteiger partial charge in [0.05, 0.1) is 5.60 Å². The zero-order chi connectivity index (χ0) is 13.6. The van der Waals surface area contributed by atoms with Gasteiger partial charge in [-0.15, -0.1) is 0 Å². The highest BCUT2D eigenvalue weighted by atomic mass is 16.5. The van der Waals surface area contributed by atoms with Crippen molar-refractivity contribution < 1.29 is 14.3 Å². The number of carbonyl (C=O) groups excluding carboxylic acids is 1. The molecule has 0 aromatic carbocycles. The van der Waals surface area contributed by atoms with Crippen molar-refractivity contribution in [3.8, 4) is 0 Å². The van der Waals surface area contributed by atoms with Crippen LogP contribution < -0.4 is 0 Å². The van der Waals surface area contributed by atoms with Gasteiger partial charge >= 0.3 is 0 Å². The molecule has 0 bridgehead atoms. The van der Waals surface area contributed by atoms with Gasteiger partial charge in [0.1, 0.15) is 5.60 Å². The second kappa shape index (κ2) is 6.67. The summed E-state index contributed by atoms with van der Waals surface area (Å²) in [4.78, 5) is 12.5. The standard InChI is InChI=1S/C15H28O3/c1-14(2,17-3)12-9-13(16)15(18-4)10-7-5-6-8-11-15/h5-12H2,1-4H3. The first kappa shape index (κ1) is 15.6. The molecule has 0 aromatic rings. The number of ketones is 1. The molecule has 0 N–H and O–H groups in total. The summed E-state index contributed by atoms with van der Waals surface area (Å²) in [6.07, 6.45) is 7.73. The van der Waals surface area contributed by atoms with Crippen LogP contribution in [-0.2, 0) is 14.3 Å². The van der Waals surface area contributed by atoms with Crippen LogP contribution in [0, 0.1) is 0 Å². The van der Waals surface area contributed by atoms with Gasteiger partial charge in [-0.1, -0.05) is 25.7 Å². The molecule has 0 spiro atoms. The second-order valence-corrected chi connectivity index (χ2v) is 6.00. The van der Waals surface area contributed by atoms with Crippen molar-refractivity contribution in [2.75, 3.05) is 14.2 Å². The lowest BCUT2D eigenvalue weighted by atomic mass is 9.85. The van der Waals surface area contributed by atoms with E-state index < -0.39 is 5.60 Å². The fourth-order valence-corrected chi connectivity index (χ4v) is 2.64. The molecule has 1 saturated carbocycles. The molecular weight excluding hydrogens is 228 g/mol. The van der Waals surface area contributed by atoms with Gasteiger partial charge < -0.3 is 9.47 Å². The number of rotatable bonds is 6. The minimum atomic E-state index is -0.514. The molecule has 0 radical (unpaired) electrons. The SMILES string of the molecule is COC(C)(C)CCC(=O)C1(OC)CCCCCC1. The smallest absolute Gasteiger partial charge is 0.164 e. The van der Waals surface area contributed by atoms with Crippen LogP contribution in [0.3, 0.4) is 0 Å². The van der Waals surface area contributed by atoms with Crippen molar-refractivity contribution in [3.05, 3.63) is 0 Å². The lowest BCUT2D eigenvalue weighted by Crippen LogP contribution is -2.41. The molecule has 0 amide bonds. The van der Waals surface area contributed by atoms with Crippen molar-refractivity contribution in [2.45, 2.75) is 76.4 Å². The molecule has 1 aliphatic carbocycles. The third-order valence-electron chi connectivity index (χ3n) is 4.32. The van der Waals surface area contributed by atoms with Crippen LogP contribution in [0.2, 0.25) is 0 Å². The molecule has 0 heterocycles. The van der Waals surface area contributed by atoms with E-state index in [0.29, 0.717) is 6.42 Å². The Kier molecular flexibility index (Phi) is 5.80. The first-order chi connectivity index (χ1) is 8.46. The van der Waals surface area contributed by atoms with Crippen molar-refractivity contribution >= 4 is 5.78 Å². The molecule has 3 heteroatoms. The summed E-state index contributed by atoms with van der Waals surface area (Å²) in [6, 6.07) is 0. The van der Waals surface area contributed by atoms with Crippen LogP contribution in [-0.4, -0.2) is 31.2 Å². The predicted molar refractivity (Wildman–Crippen MR) is 72.8 cm³/mol. The quantitative estimate of drug-likeness (QED) is 0.682. The maximum atomic E-state index is 12.5. The zero-order valence-electron chi connectivity index (χ0n) is 12.4. The summed E-state index contributed by atoms with van der Waals surface area (Å²) >= 11 is 0. The van der Waals surface area contributed by atoms with E-state index in [2.05, 4.69) is 0 Å². The van der Waals surface area contributed by atoms with E-state index in [0.717, 1.165) is 32.1 Å². The van der Waals surface area contributed by atoms with Crippen LogP contribution in [0.5, 0.6) is 0 Å². The number of Topliss-reactive ketones (excluding diaryl/α,β-unsaturated/α-hetero) is 1. The van der Waals surface area contributed by atoms with Gasteiger partial charge in [0, 0.05) is 20.6 Å². The van der Waals surface area contributed by atoms with Crippen LogP contribution in [0.15, 0.2) is 0 Å². The number of methoxy groups -OCH3 is 2. The zero-order valence-corrected chi connectivity index (χ0v) is 12.4. The second-order valence-electron chi connectivity index (χ2n) is 6.00. The van der Waals surface area contributed by atoms with Crippen molar-refractivity contribution in [2.24, 2.45) is 0 Å². The third kappa shape index (κ3) is 4.06. The Bertz CT molecular complexity index is 263. The van der Waals surface area contributed by atoms with Crippen LogP contribution in [0.1, 0.15) is 65.2 Å².